The van der Waals surface area contributed by atoms with E-state index < -0.39 is 0 Å². The molecule has 0 amide bonds. The van der Waals surface area contributed by atoms with E-state index in [0.717, 1.165) is 49.8 Å². The van der Waals surface area contributed by atoms with Crippen molar-refractivity contribution in [1.82, 2.24) is 9.13 Å². The Kier molecular flexibility index (Phi) is 6.50. The minimum atomic E-state index is 0.632. The van der Waals surface area contributed by atoms with Crippen LogP contribution in [0.3, 0.4) is 0 Å². The molecule has 0 aliphatic heterocycles. The zero-order chi connectivity index (χ0) is 20.6. The summed E-state index contributed by atoms with van der Waals surface area (Å²) in [6, 6.07) is 29.2. The van der Waals surface area contributed by atoms with E-state index in [2.05, 4.69) is 80.2 Å². The van der Waals surface area contributed by atoms with Crippen molar-refractivity contribution in [2.24, 2.45) is 10.4 Å². The second kappa shape index (κ2) is 9.83. The van der Waals surface area contributed by atoms with E-state index in [4.69, 9.17) is 0 Å². The fourth-order valence-corrected chi connectivity index (χ4v) is 4.04. The Morgan fingerprint density at radius 1 is 0.600 bits per heavy atom. The molecule has 0 atom stereocenters. The van der Waals surface area contributed by atoms with Crippen LogP contribution in [-0.2, 0) is 25.9 Å². The van der Waals surface area contributed by atoms with Crippen LogP contribution in [0.15, 0.2) is 95.3 Å². The predicted octanol–water partition coefficient (Wildman–Crippen LogP) is 5.29. The Balaban J connectivity index is 1.58. The highest BCUT2D eigenvalue weighted by molar-refractivity contribution is 5.75. The molecule has 0 fully saturated rings. The van der Waals surface area contributed by atoms with Gasteiger partial charge in [-0.05, 0) is 48.9 Å². The highest BCUT2D eigenvalue weighted by Crippen LogP contribution is 2.15. The minimum absolute atomic E-state index is 0.632. The number of aromatic nitrogens is 2. The van der Waals surface area contributed by atoms with Crippen LogP contribution >= 0.6 is 0 Å². The van der Waals surface area contributed by atoms with Crippen molar-refractivity contribution in [3.8, 4) is 0 Å². The number of rotatable bonds is 9. The van der Waals surface area contributed by atoms with Gasteiger partial charge >= 0.3 is 0 Å². The molecule has 0 radical (unpaired) electrons. The van der Waals surface area contributed by atoms with Gasteiger partial charge in [0.25, 0.3) is 0 Å². The molecule has 0 aliphatic carbocycles. The summed E-state index contributed by atoms with van der Waals surface area (Å²) in [5, 5.41) is 6.88. The normalized spacial score (nSPS) is 10.9. The van der Waals surface area contributed by atoms with Crippen molar-refractivity contribution in [2.75, 3.05) is 0 Å². The SMILES string of the molecule is O=NN=c1n(CCCc2ccccc2)c2ccccc2n1CCCc1ccccc1. The molecule has 0 saturated carbocycles. The first kappa shape index (κ1) is 19.8. The molecule has 0 saturated heterocycles. The quantitative estimate of drug-likeness (QED) is 0.279. The minimum Gasteiger partial charge on any atom is -0.308 e. The summed E-state index contributed by atoms with van der Waals surface area (Å²) < 4.78 is 4.25. The molecular weight excluding hydrogens is 372 g/mol. The monoisotopic (exact) mass is 398 g/mol. The maximum Gasteiger partial charge on any atom is 0.234 e. The van der Waals surface area contributed by atoms with Gasteiger partial charge in [0, 0.05) is 13.1 Å². The van der Waals surface area contributed by atoms with E-state index in [9.17, 15) is 4.91 Å². The van der Waals surface area contributed by atoms with Crippen LogP contribution in [0.2, 0.25) is 0 Å². The van der Waals surface area contributed by atoms with Crippen LogP contribution in [0.25, 0.3) is 11.0 Å². The smallest absolute Gasteiger partial charge is 0.234 e. The van der Waals surface area contributed by atoms with E-state index in [-0.39, 0.29) is 0 Å². The summed E-state index contributed by atoms with van der Waals surface area (Å²) in [5.74, 6) is 0. The second-order valence-corrected chi connectivity index (χ2v) is 7.45. The van der Waals surface area contributed by atoms with Crippen LogP contribution < -0.4 is 5.62 Å². The number of fused-ring (bicyclic) bond motifs is 1. The van der Waals surface area contributed by atoms with Gasteiger partial charge in [-0.25, -0.2) is 0 Å². The van der Waals surface area contributed by atoms with E-state index in [0.29, 0.717) is 5.62 Å². The average molecular weight is 399 g/mol. The fraction of sp³-hybridized carbons (Fsp3) is 0.240. The van der Waals surface area contributed by atoms with Crippen LogP contribution in [0.1, 0.15) is 24.0 Å². The van der Waals surface area contributed by atoms with E-state index >= 15 is 0 Å². The van der Waals surface area contributed by atoms with Crippen molar-refractivity contribution in [3.63, 3.8) is 0 Å². The zero-order valence-corrected chi connectivity index (χ0v) is 17.0. The number of nitroso groups, excluding NO2 is 1. The molecule has 30 heavy (non-hydrogen) atoms. The highest BCUT2D eigenvalue weighted by Gasteiger charge is 2.12. The van der Waals surface area contributed by atoms with E-state index in [1.807, 2.05) is 24.3 Å². The zero-order valence-electron chi connectivity index (χ0n) is 17.0. The lowest BCUT2D eigenvalue weighted by molar-refractivity contribution is 0.564. The first-order valence-electron chi connectivity index (χ1n) is 10.5. The number of hydrogen-bond donors (Lipinski definition) is 0. The summed E-state index contributed by atoms with van der Waals surface area (Å²) >= 11 is 0. The summed E-state index contributed by atoms with van der Waals surface area (Å²) in [6.07, 6.45) is 3.90. The van der Waals surface area contributed by atoms with Crippen LogP contribution in [0, 0.1) is 4.91 Å². The Morgan fingerprint density at radius 2 is 1.03 bits per heavy atom. The lowest BCUT2D eigenvalue weighted by Crippen LogP contribution is -2.26. The molecule has 1 heterocycles. The van der Waals surface area contributed by atoms with Crippen molar-refractivity contribution < 1.29 is 0 Å². The van der Waals surface area contributed by atoms with Gasteiger partial charge in [0.2, 0.25) is 5.62 Å². The molecule has 152 valence electrons. The summed E-state index contributed by atoms with van der Waals surface area (Å²) in [6.45, 7) is 1.57. The van der Waals surface area contributed by atoms with Crippen LogP contribution in [-0.4, -0.2) is 9.13 Å². The molecule has 4 aromatic rings. The Bertz CT molecular complexity index is 1070. The maximum absolute atomic E-state index is 11.1. The van der Waals surface area contributed by atoms with Gasteiger partial charge in [-0.3, -0.25) is 0 Å². The molecule has 0 unspecified atom stereocenters. The van der Waals surface area contributed by atoms with Crippen molar-refractivity contribution in [2.45, 2.75) is 38.8 Å². The van der Waals surface area contributed by atoms with E-state index in [1.54, 1.807) is 0 Å². The Hall–Kier alpha value is -3.47. The maximum atomic E-state index is 11.1. The lowest BCUT2D eigenvalue weighted by Gasteiger charge is -2.06. The van der Waals surface area contributed by atoms with Gasteiger partial charge < -0.3 is 9.13 Å². The summed E-state index contributed by atoms with van der Waals surface area (Å²) in [5.41, 5.74) is 5.45. The highest BCUT2D eigenvalue weighted by atomic mass is 16.3. The Labute approximate surface area is 176 Å². The third kappa shape index (κ3) is 4.57. The molecule has 1 aromatic heterocycles. The molecule has 3 aromatic carbocycles. The molecule has 4 rings (SSSR count). The average Bonchev–Trinajstić information content (AvgIpc) is 3.08. The molecule has 5 nitrogen and oxygen atoms in total. The topological polar surface area (TPSA) is 51.6 Å². The van der Waals surface area contributed by atoms with E-state index in [1.165, 1.54) is 11.1 Å². The predicted molar refractivity (Wildman–Crippen MR) is 121 cm³/mol. The van der Waals surface area contributed by atoms with Gasteiger partial charge in [0.15, 0.2) is 0 Å². The first-order chi connectivity index (χ1) is 14.9. The summed E-state index contributed by atoms with van der Waals surface area (Å²) in [7, 11) is 0. The number of imidazole rings is 1. The van der Waals surface area contributed by atoms with Crippen LogP contribution in [0.5, 0.6) is 0 Å². The van der Waals surface area contributed by atoms with Gasteiger partial charge in [0.1, 0.15) is 0 Å². The van der Waals surface area contributed by atoms with Gasteiger partial charge in [-0.1, -0.05) is 77.9 Å². The molecule has 0 spiro atoms. The molecule has 0 aliphatic rings. The van der Waals surface area contributed by atoms with Crippen molar-refractivity contribution in [1.29, 1.82) is 0 Å². The van der Waals surface area contributed by atoms with Gasteiger partial charge in [0.05, 0.1) is 16.3 Å². The third-order valence-electron chi connectivity index (χ3n) is 5.46. The lowest BCUT2D eigenvalue weighted by atomic mass is 10.1. The van der Waals surface area contributed by atoms with Crippen LogP contribution in [0.4, 0.5) is 0 Å². The number of aryl methyl sites for hydroxylation is 4. The van der Waals surface area contributed by atoms with Crippen molar-refractivity contribution >= 4 is 11.0 Å². The molecular formula is C25H26N4O. The number of hydrogen-bond acceptors (Lipinski definition) is 2. The Morgan fingerprint density at radius 3 is 1.47 bits per heavy atom. The fourth-order valence-electron chi connectivity index (χ4n) is 4.04. The van der Waals surface area contributed by atoms with Crippen molar-refractivity contribution in [3.05, 3.63) is 107 Å². The van der Waals surface area contributed by atoms with Gasteiger partial charge in [-0.15, -0.1) is 4.91 Å². The molecule has 5 heteroatoms. The number of benzene rings is 3. The number of nitrogens with zero attached hydrogens (tertiary/aromatic N) is 4. The number of para-hydroxylation sites is 2. The first-order valence-corrected chi connectivity index (χ1v) is 10.5. The molecule has 0 N–H and O–H groups in total. The second-order valence-electron chi connectivity index (χ2n) is 7.45. The standard InChI is InChI=1S/C25H26N4O/c30-27-26-25-28(19-9-15-21-11-3-1-4-12-21)23-17-7-8-18-24(23)29(25)20-10-16-22-13-5-2-6-14-22/h1-8,11-14,17-18H,9-10,15-16,19-20H2. The largest absolute Gasteiger partial charge is 0.308 e. The summed E-state index contributed by atoms with van der Waals surface area (Å²) in [4.78, 5) is 11.1. The molecule has 0 bridgehead atoms. The van der Waals surface area contributed by atoms with Gasteiger partial charge in [-0.2, -0.15) is 0 Å². The third-order valence-corrected chi connectivity index (χ3v) is 5.46.